The Bertz CT molecular complexity index is 682. The van der Waals surface area contributed by atoms with E-state index in [1.807, 2.05) is 0 Å². The normalized spacial score (nSPS) is 12.9. The minimum absolute atomic E-state index is 0.675. The first-order valence-electron chi connectivity index (χ1n) is 7.23. The van der Waals surface area contributed by atoms with Crippen molar-refractivity contribution in [3.63, 3.8) is 0 Å². The summed E-state index contributed by atoms with van der Waals surface area (Å²) < 4.78 is 2.40. The number of hydrogen-bond acceptors (Lipinski definition) is 2. The maximum Gasteiger partial charge on any atom is 0.114 e. The number of nitrogens with zero attached hydrogens (tertiary/aromatic N) is 2. The summed E-state index contributed by atoms with van der Waals surface area (Å²) >= 11 is 1.75. The average Bonchev–Trinajstić information content (AvgIpc) is 3.08. The van der Waals surface area contributed by atoms with Crippen molar-refractivity contribution in [1.82, 2.24) is 9.55 Å². The van der Waals surface area contributed by atoms with Gasteiger partial charge in [0.05, 0.1) is 11.0 Å². The Kier molecular flexibility index (Phi) is 3.88. The third-order valence-corrected chi connectivity index (χ3v) is 4.60. The fraction of sp³-hybridized carbons (Fsp3) is 0.353. The zero-order valence-electron chi connectivity index (χ0n) is 12.0. The van der Waals surface area contributed by atoms with Crippen molar-refractivity contribution in [1.29, 1.82) is 0 Å². The highest BCUT2D eigenvalue weighted by molar-refractivity contribution is 7.07. The van der Waals surface area contributed by atoms with Gasteiger partial charge >= 0.3 is 0 Å². The van der Waals surface area contributed by atoms with Crippen molar-refractivity contribution in [3.8, 4) is 0 Å². The van der Waals surface area contributed by atoms with Crippen molar-refractivity contribution in [2.45, 2.75) is 33.2 Å². The molecule has 104 valence electrons. The summed E-state index contributed by atoms with van der Waals surface area (Å²) in [7, 11) is 0. The molecule has 0 saturated heterocycles. The van der Waals surface area contributed by atoms with Gasteiger partial charge in [-0.2, -0.15) is 11.3 Å². The molecule has 0 fully saturated rings. The van der Waals surface area contributed by atoms with E-state index in [0.29, 0.717) is 5.92 Å². The maximum atomic E-state index is 4.84. The molecular formula is C17H20N2S. The van der Waals surface area contributed by atoms with Crippen molar-refractivity contribution in [3.05, 3.63) is 52.5 Å². The lowest BCUT2D eigenvalue weighted by Crippen LogP contribution is -2.10. The molecule has 0 aliphatic carbocycles. The third-order valence-electron chi connectivity index (χ3n) is 3.87. The van der Waals surface area contributed by atoms with E-state index in [4.69, 9.17) is 4.98 Å². The average molecular weight is 284 g/mol. The van der Waals surface area contributed by atoms with Crippen LogP contribution in [0.5, 0.6) is 0 Å². The minimum atomic E-state index is 0.675. The highest BCUT2D eigenvalue weighted by Gasteiger charge is 2.13. The molecule has 0 aliphatic rings. The van der Waals surface area contributed by atoms with Crippen LogP contribution in [0, 0.1) is 5.92 Å². The highest BCUT2D eigenvalue weighted by Crippen LogP contribution is 2.21. The predicted octanol–water partition coefficient (Wildman–Crippen LogP) is 4.73. The van der Waals surface area contributed by atoms with Crippen LogP contribution in [-0.2, 0) is 13.0 Å². The fourth-order valence-electron chi connectivity index (χ4n) is 2.48. The molecule has 0 radical (unpaired) electrons. The van der Waals surface area contributed by atoms with Crippen LogP contribution < -0.4 is 0 Å². The molecule has 3 rings (SSSR count). The largest absolute Gasteiger partial charge is 0.327 e. The van der Waals surface area contributed by atoms with Crippen molar-refractivity contribution in [2.75, 3.05) is 0 Å². The van der Waals surface area contributed by atoms with Crippen LogP contribution in [0.4, 0.5) is 0 Å². The Morgan fingerprint density at radius 1 is 1.25 bits per heavy atom. The molecule has 2 nitrogen and oxygen atoms in total. The zero-order chi connectivity index (χ0) is 13.9. The summed E-state index contributed by atoms with van der Waals surface area (Å²) in [5, 5.41) is 4.35. The summed E-state index contributed by atoms with van der Waals surface area (Å²) in [6, 6.07) is 10.7. The number of rotatable bonds is 5. The number of hydrogen-bond donors (Lipinski definition) is 0. The third kappa shape index (κ3) is 2.63. The van der Waals surface area contributed by atoms with Crippen LogP contribution >= 0.6 is 11.3 Å². The molecule has 3 aromatic rings. The molecule has 20 heavy (non-hydrogen) atoms. The van der Waals surface area contributed by atoms with Crippen LogP contribution in [-0.4, -0.2) is 9.55 Å². The number of imidazole rings is 1. The first-order chi connectivity index (χ1) is 9.78. The second-order valence-corrected chi connectivity index (χ2v) is 6.23. The smallest absolute Gasteiger partial charge is 0.114 e. The lowest BCUT2D eigenvalue weighted by atomic mass is 10.1. The monoisotopic (exact) mass is 284 g/mol. The lowest BCUT2D eigenvalue weighted by molar-refractivity contribution is 0.467. The van der Waals surface area contributed by atoms with Gasteiger partial charge in [0.25, 0.3) is 0 Å². The second kappa shape index (κ2) is 5.80. The van der Waals surface area contributed by atoms with E-state index in [1.54, 1.807) is 11.3 Å². The topological polar surface area (TPSA) is 17.8 Å². The zero-order valence-corrected chi connectivity index (χ0v) is 12.9. The van der Waals surface area contributed by atoms with Crippen molar-refractivity contribution >= 4 is 22.4 Å². The molecule has 1 unspecified atom stereocenters. The van der Waals surface area contributed by atoms with Gasteiger partial charge in [-0.1, -0.05) is 32.4 Å². The van der Waals surface area contributed by atoms with Crippen LogP contribution in [0.25, 0.3) is 11.0 Å². The number of thiophene rings is 1. The van der Waals surface area contributed by atoms with Crippen LogP contribution in [0.2, 0.25) is 0 Å². The van der Waals surface area contributed by atoms with Gasteiger partial charge in [0.1, 0.15) is 5.82 Å². The van der Waals surface area contributed by atoms with E-state index in [-0.39, 0.29) is 0 Å². The number of benzene rings is 1. The van der Waals surface area contributed by atoms with Gasteiger partial charge in [-0.25, -0.2) is 4.98 Å². The summed E-state index contributed by atoms with van der Waals surface area (Å²) in [5.74, 6) is 1.86. The molecule has 1 atom stereocenters. The van der Waals surface area contributed by atoms with Gasteiger partial charge in [0.2, 0.25) is 0 Å². The van der Waals surface area contributed by atoms with Crippen LogP contribution in [0.3, 0.4) is 0 Å². The first-order valence-corrected chi connectivity index (χ1v) is 8.17. The molecule has 0 saturated carbocycles. The summed E-state index contributed by atoms with van der Waals surface area (Å²) in [6.07, 6.45) is 2.12. The summed E-state index contributed by atoms with van der Waals surface area (Å²) in [6.45, 7) is 5.61. The Hall–Kier alpha value is -1.61. The van der Waals surface area contributed by atoms with Crippen molar-refractivity contribution < 1.29 is 0 Å². The van der Waals surface area contributed by atoms with E-state index in [1.165, 1.54) is 23.3 Å². The van der Waals surface area contributed by atoms with Gasteiger partial charge in [-0.3, -0.25) is 0 Å². The summed E-state index contributed by atoms with van der Waals surface area (Å²) in [4.78, 5) is 4.84. The van der Waals surface area contributed by atoms with Crippen molar-refractivity contribution in [2.24, 2.45) is 5.92 Å². The standard InChI is InChI=1S/C17H20N2S/c1-3-13(2)11-19-16-7-5-4-6-15(16)18-17(19)10-14-8-9-20-12-14/h4-9,12-13H,3,10-11H2,1-2H3. The molecule has 0 amide bonds. The Morgan fingerprint density at radius 3 is 2.85 bits per heavy atom. The maximum absolute atomic E-state index is 4.84. The van der Waals surface area contributed by atoms with E-state index in [2.05, 4.69) is 59.5 Å². The fourth-order valence-corrected chi connectivity index (χ4v) is 3.15. The predicted molar refractivity (Wildman–Crippen MR) is 86.3 cm³/mol. The first kappa shape index (κ1) is 13.4. The molecule has 0 bridgehead atoms. The Morgan fingerprint density at radius 2 is 2.10 bits per heavy atom. The molecule has 0 aliphatic heterocycles. The highest BCUT2D eigenvalue weighted by atomic mass is 32.1. The molecule has 2 heterocycles. The van der Waals surface area contributed by atoms with E-state index in [9.17, 15) is 0 Å². The molecule has 3 heteroatoms. The SMILES string of the molecule is CCC(C)Cn1c(Cc2ccsc2)nc2ccccc21. The number of aromatic nitrogens is 2. The Labute approximate surface area is 124 Å². The lowest BCUT2D eigenvalue weighted by Gasteiger charge is -2.13. The Balaban J connectivity index is 2.02. The van der Waals surface area contributed by atoms with Gasteiger partial charge in [0.15, 0.2) is 0 Å². The number of para-hydroxylation sites is 2. The summed E-state index contributed by atoms with van der Waals surface area (Å²) in [5.41, 5.74) is 3.73. The molecule has 0 spiro atoms. The molecular weight excluding hydrogens is 264 g/mol. The van der Waals surface area contributed by atoms with Gasteiger partial charge in [-0.15, -0.1) is 0 Å². The van der Waals surface area contributed by atoms with Crippen LogP contribution in [0.1, 0.15) is 31.7 Å². The van der Waals surface area contributed by atoms with Gasteiger partial charge in [0, 0.05) is 13.0 Å². The van der Waals surface area contributed by atoms with E-state index in [0.717, 1.165) is 18.5 Å². The minimum Gasteiger partial charge on any atom is -0.327 e. The van der Waals surface area contributed by atoms with E-state index < -0.39 is 0 Å². The van der Waals surface area contributed by atoms with E-state index >= 15 is 0 Å². The second-order valence-electron chi connectivity index (χ2n) is 5.45. The molecule has 1 aromatic carbocycles. The van der Waals surface area contributed by atoms with Crippen LogP contribution in [0.15, 0.2) is 41.1 Å². The molecule has 0 N–H and O–H groups in total. The number of fused-ring (bicyclic) bond motifs is 1. The molecule has 2 aromatic heterocycles. The van der Waals surface area contributed by atoms with Gasteiger partial charge in [-0.05, 0) is 40.4 Å². The quantitative estimate of drug-likeness (QED) is 0.662. The van der Waals surface area contributed by atoms with Gasteiger partial charge < -0.3 is 4.57 Å².